The summed E-state index contributed by atoms with van der Waals surface area (Å²) in [7, 11) is 0. The van der Waals surface area contributed by atoms with E-state index in [4.69, 9.17) is 5.73 Å². The lowest BCUT2D eigenvalue weighted by atomic mass is 9.72. The number of aryl methyl sites for hydroxylation is 2. The van der Waals surface area contributed by atoms with E-state index in [1.807, 2.05) is 0 Å². The van der Waals surface area contributed by atoms with Gasteiger partial charge in [0.2, 0.25) is 0 Å². The molecule has 2 N–H and O–H groups in total. The fourth-order valence-corrected chi connectivity index (χ4v) is 3.70. The van der Waals surface area contributed by atoms with Gasteiger partial charge in [-0.05, 0) is 68.7 Å². The minimum Gasteiger partial charge on any atom is -0.398 e. The highest BCUT2D eigenvalue weighted by atomic mass is 14.6. The molecule has 0 spiro atoms. The molecule has 0 fully saturated rings. The second kappa shape index (κ2) is 6.51. The molecule has 0 heterocycles. The predicted molar refractivity (Wildman–Crippen MR) is 93.6 cm³/mol. The Morgan fingerprint density at radius 1 is 1.33 bits per heavy atom. The summed E-state index contributed by atoms with van der Waals surface area (Å²) in [6, 6.07) is 4.50. The molecule has 2 unspecified atom stereocenters. The topological polar surface area (TPSA) is 26.0 Å². The van der Waals surface area contributed by atoms with Crippen molar-refractivity contribution in [3.8, 4) is 0 Å². The summed E-state index contributed by atoms with van der Waals surface area (Å²) in [5, 5.41) is 0. The molecule has 1 aromatic carbocycles. The third kappa shape index (κ3) is 3.40. The van der Waals surface area contributed by atoms with Crippen molar-refractivity contribution in [2.45, 2.75) is 59.3 Å². The van der Waals surface area contributed by atoms with E-state index in [1.54, 1.807) is 0 Å². The molecule has 114 valence electrons. The molecular formula is C20H29N. The number of anilines is 1. The van der Waals surface area contributed by atoms with Crippen LogP contribution in [0.4, 0.5) is 5.69 Å². The Morgan fingerprint density at radius 3 is 2.62 bits per heavy atom. The molecule has 0 radical (unpaired) electrons. The fraction of sp³-hybridized carbons (Fsp3) is 0.500. The molecule has 0 aromatic heterocycles. The predicted octanol–water partition coefficient (Wildman–Crippen LogP) is 5.55. The molecule has 0 amide bonds. The summed E-state index contributed by atoms with van der Waals surface area (Å²) in [4.78, 5) is 0. The Bertz CT molecular complexity index is 542. The highest BCUT2D eigenvalue weighted by Crippen LogP contribution is 2.43. The second-order valence-corrected chi connectivity index (χ2v) is 6.70. The molecule has 21 heavy (non-hydrogen) atoms. The van der Waals surface area contributed by atoms with Crippen molar-refractivity contribution >= 4 is 5.69 Å². The molecule has 1 nitrogen and oxygen atoms in total. The third-order valence-corrected chi connectivity index (χ3v) is 4.73. The fourth-order valence-electron chi connectivity index (χ4n) is 3.70. The van der Waals surface area contributed by atoms with Crippen LogP contribution in [0.25, 0.3) is 0 Å². The molecule has 1 aliphatic rings. The van der Waals surface area contributed by atoms with Gasteiger partial charge >= 0.3 is 0 Å². The lowest BCUT2D eigenvalue weighted by Crippen LogP contribution is -2.19. The molecule has 1 aliphatic carbocycles. The molecule has 1 aromatic rings. The highest BCUT2D eigenvalue weighted by Gasteiger charge is 2.28. The van der Waals surface area contributed by atoms with Crippen LogP contribution in [0.1, 0.15) is 62.6 Å². The lowest BCUT2D eigenvalue weighted by molar-refractivity contribution is 0.483. The van der Waals surface area contributed by atoms with Crippen LogP contribution in [0.2, 0.25) is 0 Å². The van der Waals surface area contributed by atoms with E-state index < -0.39 is 0 Å². The van der Waals surface area contributed by atoms with Gasteiger partial charge in [-0.1, -0.05) is 43.2 Å². The summed E-state index contributed by atoms with van der Waals surface area (Å²) in [6.07, 6.45) is 7.06. The van der Waals surface area contributed by atoms with Crippen LogP contribution in [0, 0.1) is 12.8 Å². The maximum atomic E-state index is 6.43. The minimum absolute atomic E-state index is 0.395. The average Bonchev–Trinajstić information content (AvgIpc) is 2.38. The molecule has 2 atom stereocenters. The molecule has 0 aliphatic heterocycles. The van der Waals surface area contributed by atoms with E-state index in [-0.39, 0.29) is 0 Å². The number of hydrogen-bond donors (Lipinski definition) is 1. The largest absolute Gasteiger partial charge is 0.398 e. The number of rotatable bonds is 4. The Balaban J connectivity index is 2.48. The zero-order valence-electron chi connectivity index (χ0n) is 14.0. The average molecular weight is 283 g/mol. The molecule has 0 saturated carbocycles. The Labute approximate surface area is 129 Å². The first-order valence-electron chi connectivity index (χ1n) is 8.15. The number of nitrogens with two attached hydrogens (primary N) is 1. The van der Waals surface area contributed by atoms with Crippen molar-refractivity contribution in [2.24, 2.45) is 5.92 Å². The van der Waals surface area contributed by atoms with Crippen molar-refractivity contribution in [2.75, 3.05) is 5.73 Å². The molecule has 0 bridgehead atoms. The maximum absolute atomic E-state index is 6.43. The van der Waals surface area contributed by atoms with Gasteiger partial charge in [0.05, 0.1) is 0 Å². The van der Waals surface area contributed by atoms with Crippen LogP contribution < -0.4 is 5.73 Å². The molecule has 1 heteroatoms. The van der Waals surface area contributed by atoms with E-state index in [1.165, 1.54) is 40.7 Å². The van der Waals surface area contributed by atoms with E-state index in [9.17, 15) is 0 Å². The van der Waals surface area contributed by atoms with Gasteiger partial charge in [0, 0.05) is 11.6 Å². The summed E-state index contributed by atoms with van der Waals surface area (Å²) < 4.78 is 0. The maximum Gasteiger partial charge on any atom is 0.0358 e. The standard InChI is InChI=1S/C20H29N/c1-6-7-16-11-15(5)20(19(21)12-16)18-10-14(4)8-9-17(18)13(2)3/h10-12,17-18H,2,6-9,21H2,1,3-5H3. The smallest absolute Gasteiger partial charge is 0.0358 e. The monoisotopic (exact) mass is 283 g/mol. The third-order valence-electron chi connectivity index (χ3n) is 4.73. The molecule has 2 rings (SSSR count). The van der Waals surface area contributed by atoms with Gasteiger partial charge < -0.3 is 5.73 Å². The molecule has 0 saturated heterocycles. The highest BCUT2D eigenvalue weighted by molar-refractivity contribution is 5.57. The van der Waals surface area contributed by atoms with Crippen LogP contribution in [0.15, 0.2) is 35.9 Å². The van der Waals surface area contributed by atoms with Gasteiger partial charge in [0.25, 0.3) is 0 Å². The van der Waals surface area contributed by atoms with Crippen LogP contribution in [0.3, 0.4) is 0 Å². The van der Waals surface area contributed by atoms with Gasteiger partial charge in [-0.15, -0.1) is 0 Å². The van der Waals surface area contributed by atoms with Crippen molar-refractivity contribution < 1.29 is 0 Å². The normalized spacial score (nSPS) is 22.0. The van der Waals surface area contributed by atoms with Crippen molar-refractivity contribution in [1.29, 1.82) is 0 Å². The van der Waals surface area contributed by atoms with Gasteiger partial charge in [0.1, 0.15) is 0 Å². The first kappa shape index (κ1) is 15.9. The summed E-state index contributed by atoms with van der Waals surface area (Å²) in [6.45, 7) is 13.0. The number of allylic oxidation sites excluding steroid dienone is 3. The zero-order chi connectivity index (χ0) is 15.6. The van der Waals surface area contributed by atoms with Gasteiger partial charge in [0.15, 0.2) is 0 Å². The van der Waals surface area contributed by atoms with Crippen LogP contribution in [0.5, 0.6) is 0 Å². The minimum atomic E-state index is 0.395. The Morgan fingerprint density at radius 2 is 2.05 bits per heavy atom. The lowest BCUT2D eigenvalue weighted by Gasteiger charge is -2.32. The number of benzene rings is 1. The zero-order valence-corrected chi connectivity index (χ0v) is 14.0. The van der Waals surface area contributed by atoms with Crippen LogP contribution >= 0.6 is 0 Å². The SMILES string of the molecule is C=C(C)C1CCC(C)=CC1c1c(C)cc(CCC)cc1N. The van der Waals surface area contributed by atoms with Gasteiger partial charge in [-0.25, -0.2) is 0 Å². The first-order valence-corrected chi connectivity index (χ1v) is 8.15. The Kier molecular flexibility index (Phi) is 4.92. The summed E-state index contributed by atoms with van der Waals surface area (Å²) in [5.41, 5.74) is 14.2. The van der Waals surface area contributed by atoms with E-state index in [0.29, 0.717) is 11.8 Å². The van der Waals surface area contributed by atoms with Gasteiger partial charge in [-0.2, -0.15) is 0 Å². The molecular weight excluding hydrogens is 254 g/mol. The second-order valence-electron chi connectivity index (χ2n) is 6.70. The first-order chi connectivity index (χ1) is 9.93. The van der Waals surface area contributed by atoms with Crippen molar-refractivity contribution in [3.05, 3.63) is 52.6 Å². The quantitative estimate of drug-likeness (QED) is 0.569. The number of nitrogen functional groups attached to an aromatic ring is 1. The van der Waals surface area contributed by atoms with Crippen LogP contribution in [-0.4, -0.2) is 0 Å². The number of hydrogen-bond acceptors (Lipinski definition) is 1. The van der Waals surface area contributed by atoms with E-state index >= 15 is 0 Å². The van der Waals surface area contributed by atoms with Crippen molar-refractivity contribution in [3.63, 3.8) is 0 Å². The van der Waals surface area contributed by atoms with E-state index in [2.05, 4.69) is 52.5 Å². The van der Waals surface area contributed by atoms with Gasteiger partial charge in [-0.3, -0.25) is 0 Å². The Hall–Kier alpha value is -1.50. The van der Waals surface area contributed by atoms with Crippen molar-refractivity contribution in [1.82, 2.24) is 0 Å². The van der Waals surface area contributed by atoms with E-state index in [0.717, 1.165) is 18.5 Å². The summed E-state index contributed by atoms with van der Waals surface area (Å²) in [5.74, 6) is 0.915. The van der Waals surface area contributed by atoms with Crippen LogP contribution in [-0.2, 0) is 6.42 Å². The summed E-state index contributed by atoms with van der Waals surface area (Å²) >= 11 is 0.